The van der Waals surface area contributed by atoms with Gasteiger partial charge in [-0.25, -0.2) is 0 Å². The van der Waals surface area contributed by atoms with E-state index in [0.717, 1.165) is 19.0 Å². The van der Waals surface area contributed by atoms with Crippen molar-refractivity contribution in [3.05, 3.63) is 20.8 Å². The highest BCUT2D eigenvalue weighted by Gasteiger charge is 2.04. The predicted molar refractivity (Wildman–Crippen MR) is 63.2 cm³/mol. The van der Waals surface area contributed by atoms with Crippen LogP contribution in [0.1, 0.15) is 18.7 Å². The highest BCUT2D eigenvalue weighted by atomic mass is 79.9. The van der Waals surface area contributed by atoms with Crippen molar-refractivity contribution in [1.29, 1.82) is 0 Å². The van der Waals surface area contributed by atoms with Gasteiger partial charge in [-0.15, -0.1) is 11.3 Å². The maximum absolute atomic E-state index is 3.47. The van der Waals surface area contributed by atoms with Crippen LogP contribution in [0, 0.1) is 5.92 Å². The zero-order chi connectivity index (χ0) is 9.84. The molecule has 1 rings (SSSR count). The Labute approximate surface area is 92.9 Å². The molecule has 0 aromatic carbocycles. The lowest BCUT2D eigenvalue weighted by atomic mass is 10.2. The molecular weight excluding hydrogens is 246 g/mol. The molecule has 0 saturated carbocycles. The molecule has 0 bridgehead atoms. The van der Waals surface area contributed by atoms with E-state index in [9.17, 15) is 0 Å². The average Bonchev–Trinajstić information content (AvgIpc) is 2.33. The number of halogens is 1. The van der Waals surface area contributed by atoms with Crippen LogP contribution in [-0.2, 0) is 6.54 Å². The second-order valence-corrected chi connectivity index (χ2v) is 6.34. The van der Waals surface area contributed by atoms with Gasteiger partial charge in [0.25, 0.3) is 0 Å². The Morgan fingerprint density at radius 2 is 2.15 bits per heavy atom. The molecule has 1 aromatic rings. The third-order valence-electron chi connectivity index (χ3n) is 1.73. The normalized spacial score (nSPS) is 11.5. The molecule has 1 aromatic heterocycles. The fraction of sp³-hybridized carbons (Fsp3) is 0.600. The molecule has 0 aliphatic heterocycles. The molecule has 0 radical (unpaired) electrons. The van der Waals surface area contributed by atoms with Crippen LogP contribution in [0.25, 0.3) is 0 Å². The third kappa shape index (κ3) is 4.25. The lowest BCUT2D eigenvalue weighted by Gasteiger charge is -2.17. The molecule has 0 amide bonds. The zero-order valence-electron chi connectivity index (χ0n) is 8.38. The van der Waals surface area contributed by atoms with Gasteiger partial charge >= 0.3 is 0 Å². The topological polar surface area (TPSA) is 3.24 Å². The monoisotopic (exact) mass is 261 g/mol. The summed E-state index contributed by atoms with van der Waals surface area (Å²) in [6.07, 6.45) is 0. The highest BCUT2D eigenvalue weighted by molar-refractivity contribution is 9.11. The van der Waals surface area contributed by atoms with Crippen LogP contribution in [0.2, 0.25) is 0 Å². The second kappa shape index (κ2) is 5.13. The van der Waals surface area contributed by atoms with E-state index in [1.54, 1.807) is 0 Å². The Morgan fingerprint density at radius 1 is 1.46 bits per heavy atom. The van der Waals surface area contributed by atoms with Crippen molar-refractivity contribution >= 4 is 27.3 Å². The first kappa shape index (κ1) is 11.2. The maximum Gasteiger partial charge on any atom is 0.0701 e. The molecular formula is C10H16BrNS. The first-order chi connectivity index (χ1) is 6.08. The molecule has 1 nitrogen and oxygen atoms in total. The molecule has 0 N–H and O–H groups in total. The fourth-order valence-corrected chi connectivity index (χ4v) is 2.95. The van der Waals surface area contributed by atoms with E-state index in [1.807, 2.05) is 11.3 Å². The fourth-order valence-electron chi connectivity index (χ4n) is 1.39. The molecule has 0 saturated heterocycles. The summed E-state index contributed by atoms with van der Waals surface area (Å²) in [7, 11) is 2.17. The van der Waals surface area contributed by atoms with Crippen LogP contribution in [0.15, 0.2) is 15.9 Å². The number of rotatable bonds is 4. The van der Waals surface area contributed by atoms with E-state index >= 15 is 0 Å². The predicted octanol–water partition coefficient (Wildman–Crippen LogP) is 3.60. The van der Waals surface area contributed by atoms with Crippen LogP contribution in [0.3, 0.4) is 0 Å². The van der Waals surface area contributed by atoms with Crippen molar-refractivity contribution in [2.75, 3.05) is 13.6 Å². The van der Waals surface area contributed by atoms with Crippen LogP contribution in [0.4, 0.5) is 0 Å². The summed E-state index contributed by atoms with van der Waals surface area (Å²) in [5, 5.41) is 0. The lowest BCUT2D eigenvalue weighted by Crippen LogP contribution is -2.22. The van der Waals surface area contributed by atoms with Gasteiger partial charge in [0.05, 0.1) is 3.79 Å². The van der Waals surface area contributed by atoms with Crippen LogP contribution < -0.4 is 0 Å². The number of nitrogens with zero attached hydrogens (tertiary/aromatic N) is 1. The van der Waals surface area contributed by atoms with E-state index in [2.05, 4.69) is 53.9 Å². The molecule has 0 unspecified atom stereocenters. The molecule has 0 fully saturated rings. The van der Waals surface area contributed by atoms with Gasteiger partial charge in [0.15, 0.2) is 0 Å². The van der Waals surface area contributed by atoms with Crippen molar-refractivity contribution in [2.24, 2.45) is 5.92 Å². The second-order valence-electron chi connectivity index (χ2n) is 3.80. The van der Waals surface area contributed by atoms with Crippen molar-refractivity contribution < 1.29 is 0 Å². The lowest BCUT2D eigenvalue weighted by molar-refractivity contribution is 0.291. The van der Waals surface area contributed by atoms with Gasteiger partial charge in [-0.1, -0.05) is 13.8 Å². The summed E-state index contributed by atoms with van der Waals surface area (Å²) in [5.74, 6) is 0.744. The van der Waals surface area contributed by atoms with Crippen LogP contribution >= 0.6 is 27.3 Å². The first-order valence-corrected chi connectivity index (χ1v) is 6.11. The van der Waals surface area contributed by atoms with Gasteiger partial charge < -0.3 is 4.90 Å². The number of hydrogen-bond acceptors (Lipinski definition) is 2. The van der Waals surface area contributed by atoms with E-state index in [0.29, 0.717) is 0 Å². The molecule has 0 aliphatic rings. The smallest absolute Gasteiger partial charge is 0.0701 e. The zero-order valence-corrected chi connectivity index (χ0v) is 10.8. The van der Waals surface area contributed by atoms with Gasteiger partial charge in [-0.05, 0) is 41.0 Å². The average molecular weight is 262 g/mol. The molecule has 0 spiro atoms. The number of thiophene rings is 1. The summed E-state index contributed by atoms with van der Waals surface area (Å²) in [6, 6.07) is 4.30. The van der Waals surface area contributed by atoms with Crippen molar-refractivity contribution in [1.82, 2.24) is 4.90 Å². The minimum absolute atomic E-state index is 0.744. The van der Waals surface area contributed by atoms with Gasteiger partial charge in [0, 0.05) is 18.0 Å². The molecule has 0 aliphatic carbocycles. The molecule has 13 heavy (non-hydrogen) atoms. The standard InChI is InChI=1S/C10H16BrNS/c1-8(2)6-12(3)7-9-4-5-10(11)13-9/h4-5,8H,6-7H2,1-3H3. The van der Waals surface area contributed by atoms with E-state index in [4.69, 9.17) is 0 Å². The van der Waals surface area contributed by atoms with Crippen molar-refractivity contribution in [2.45, 2.75) is 20.4 Å². The van der Waals surface area contributed by atoms with E-state index in [1.165, 1.54) is 8.66 Å². The Kier molecular flexibility index (Phi) is 4.42. The minimum Gasteiger partial charge on any atom is -0.301 e. The molecule has 1 heterocycles. The SMILES string of the molecule is CC(C)CN(C)Cc1ccc(Br)s1. The van der Waals surface area contributed by atoms with Crippen molar-refractivity contribution in [3.8, 4) is 0 Å². The Balaban J connectivity index is 2.40. The Bertz CT molecular complexity index is 257. The summed E-state index contributed by atoms with van der Waals surface area (Å²) in [5.41, 5.74) is 0. The Hall–Kier alpha value is 0.140. The minimum atomic E-state index is 0.744. The quantitative estimate of drug-likeness (QED) is 0.801. The third-order valence-corrected chi connectivity index (χ3v) is 3.34. The summed E-state index contributed by atoms with van der Waals surface area (Å²) in [6.45, 7) is 6.73. The van der Waals surface area contributed by atoms with Gasteiger partial charge in [0.1, 0.15) is 0 Å². The van der Waals surface area contributed by atoms with Crippen LogP contribution in [-0.4, -0.2) is 18.5 Å². The number of hydrogen-bond donors (Lipinski definition) is 0. The summed E-state index contributed by atoms with van der Waals surface area (Å²) < 4.78 is 1.22. The molecule has 3 heteroatoms. The van der Waals surface area contributed by atoms with Crippen LogP contribution in [0.5, 0.6) is 0 Å². The highest BCUT2D eigenvalue weighted by Crippen LogP contribution is 2.23. The van der Waals surface area contributed by atoms with Crippen molar-refractivity contribution in [3.63, 3.8) is 0 Å². The summed E-state index contributed by atoms with van der Waals surface area (Å²) in [4.78, 5) is 3.79. The first-order valence-electron chi connectivity index (χ1n) is 4.50. The Morgan fingerprint density at radius 3 is 2.62 bits per heavy atom. The summed E-state index contributed by atoms with van der Waals surface area (Å²) >= 11 is 5.29. The van der Waals surface area contributed by atoms with Gasteiger partial charge in [-0.2, -0.15) is 0 Å². The molecule has 74 valence electrons. The van der Waals surface area contributed by atoms with Gasteiger partial charge in [-0.3, -0.25) is 0 Å². The maximum atomic E-state index is 3.47. The molecule has 0 atom stereocenters. The van der Waals surface area contributed by atoms with E-state index in [-0.39, 0.29) is 0 Å². The van der Waals surface area contributed by atoms with Gasteiger partial charge in [0.2, 0.25) is 0 Å². The van der Waals surface area contributed by atoms with E-state index < -0.39 is 0 Å². The largest absolute Gasteiger partial charge is 0.301 e.